The zero-order valence-electron chi connectivity index (χ0n) is 18.0. The molecule has 2 aliphatic heterocycles. The molecular formula is C22H33BF2N2. The third kappa shape index (κ3) is 2.46. The fourth-order valence-electron chi connectivity index (χ4n) is 5.58. The average Bonchev–Trinajstić information content (AvgIpc) is 3.18. The quantitative estimate of drug-likeness (QED) is 0.529. The fourth-order valence-corrected chi connectivity index (χ4v) is 5.58. The van der Waals surface area contributed by atoms with Crippen molar-refractivity contribution < 1.29 is 13.1 Å². The Labute approximate surface area is 162 Å². The molecule has 1 aromatic rings. The van der Waals surface area contributed by atoms with E-state index in [0.717, 1.165) is 76.3 Å². The maximum absolute atomic E-state index is 16.2. The van der Waals surface area contributed by atoms with E-state index in [4.69, 9.17) is 0 Å². The molecular weight excluding hydrogens is 341 g/mol. The molecule has 0 spiro atoms. The van der Waals surface area contributed by atoms with Crippen LogP contribution in [-0.4, -0.2) is 21.6 Å². The smallest absolute Gasteiger partial charge is 0.393 e. The van der Waals surface area contributed by atoms with Gasteiger partial charge in [0.15, 0.2) is 5.70 Å². The van der Waals surface area contributed by atoms with Gasteiger partial charge < -0.3 is 17.6 Å². The lowest BCUT2D eigenvalue weighted by molar-refractivity contribution is -0.365. The molecule has 27 heavy (non-hydrogen) atoms. The molecule has 3 rings (SSSR count). The van der Waals surface area contributed by atoms with E-state index < -0.39 is 6.97 Å². The van der Waals surface area contributed by atoms with E-state index in [-0.39, 0.29) is 0 Å². The van der Waals surface area contributed by atoms with Crippen molar-refractivity contribution >= 4 is 18.3 Å². The van der Waals surface area contributed by atoms with Gasteiger partial charge in [-0.2, -0.15) is 0 Å². The summed E-state index contributed by atoms with van der Waals surface area (Å²) in [5.41, 5.74) is 8.78. The number of allylic oxidation sites excluding steroid dienone is 3. The summed E-state index contributed by atoms with van der Waals surface area (Å²) in [5.74, 6) is 0. The Morgan fingerprint density at radius 3 is 1.81 bits per heavy atom. The molecule has 0 unspecified atom stereocenters. The standard InChI is InChI=1S/C22H33BF2N2/c1-8-15-17(10-3)21-14(7)22-18(11-4)16(9-2)20(13-6)27(22)23(24,25)26(21)19(15)12-5/h8-13H2,1-7H3. The summed E-state index contributed by atoms with van der Waals surface area (Å²) in [6, 6.07) is 0. The summed E-state index contributed by atoms with van der Waals surface area (Å²) < 4.78 is 35.2. The molecule has 5 heteroatoms. The molecule has 2 nitrogen and oxygen atoms in total. The van der Waals surface area contributed by atoms with E-state index in [1.54, 1.807) is 0 Å². The molecule has 0 fully saturated rings. The van der Waals surface area contributed by atoms with Gasteiger partial charge in [0.05, 0.1) is 0 Å². The van der Waals surface area contributed by atoms with Gasteiger partial charge in [0.1, 0.15) is 5.71 Å². The van der Waals surface area contributed by atoms with E-state index in [1.807, 2.05) is 13.8 Å². The summed E-state index contributed by atoms with van der Waals surface area (Å²) in [5, 5.41) is 0. The molecule has 2 aliphatic rings. The van der Waals surface area contributed by atoms with Gasteiger partial charge in [-0.25, -0.2) is 0 Å². The Hall–Kier alpha value is -1.65. The number of aromatic nitrogens is 1. The largest absolute Gasteiger partial charge is 0.737 e. The highest BCUT2D eigenvalue weighted by Gasteiger charge is 2.56. The second-order valence-corrected chi connectivity index (χ2v) is 7.58. The van der Waals surface area contributed by atoms with Crippen LogP contribution in [0, 0.1) is 0 Å². The monoisotopic (exact) mass is 374 g/mol. The highest BCUT2D eigenvalue weighted by molar-refractivity contribution is 6.58. The third-order valence-electron chi connectivity index (χ3n) is 6.48. The number of rotatable bonds is 6. The van der Waals surface area contributed by atoms with Crippen LogP contribution in [0.4, 0.5) is 8.63 Å². The predicted octanol–water partition coefficient (Wildman–Crippen LogP) is 6.14. The van der Waals surface area contributed by atoms with Gasteiger partial charge in [-0.05, 0) is 55.8 Å². The van der Waals surface area contributed by atoms with Gasteiger partial charge in [0.2, 0.25) is 0 Å². The molecule has 0 saturated heterocycles. The number of halogens is 2. The van der Waals surface area contributed by atoms with Crippen molar-refractivity contribution in [1.82, 2.24) is 4.48 Å². The van der Waals surface area contributed by atoms with Gasteiger partial charge in [0, 0.05) is 28.8 Å². The van der Waals surface area contributed by atoms with E-state index in [9.17, 15) is 0 Å². The van der Waals surface area contributed by atoms with Crippen LogP contribution < -0.4 is 0 Å². The van der Waals surface area contributed by atoms with Crippen molar-refractivity contribution in [2.45, 2.75) is 87.0 Å². The normalized spacial score (nSPS) is 18.6. The summed E-state index contributed by atoms with van der Waals surface area (Å²) in [6.45, 7) is 10.5. The lowest BCUT2D eigenvalue weighted by Crippen LogP contribution is -2.52. The van der Waals surface area contributed by atoms with Crippen LogP contribution >= 0.6 is 0 Å². The first kappa shape index (κ1) is 20.1. The van der Waals surface area contributed by atoms with E-state index in [2.05, 4.69) is 34.6 Å². The molecule has 0 aliphatic carbocycles. The van der Waals surface area contributed by atoms with E-state index in [0.29, 0.717) is 12.8 Å². The molecule has 1 aromatic heterocycles. The van der Waals surface area contributed by atoms with Gasteiger partial charge in [-0.3, -0.25) is 0 Å². The number of hydrogen-bond donors (Lipinski definition) is 0. The Bertz CT molecular complexity index is 885. The highest BCUT2D eigenvalue weighted by Crippen LogP contribution is 2.46. The van der Waals surface area contributed by atoms with Crippen LogP contribution in [0.15, 0.2) is 16.8 Å². The number of fused-ring (bicyclic) bond motifs is 2. The zero-order valence-corrected chi connectivity index (χ0v) is 18.0. The topological polar surface area (TPSA) is 7.94 Å². The first-order valence-corrected chi connectivity index (χ1v) is 10.7. The summed E-state index contributed by atoms with van der Waals surface area (Å²) in [7, 11) is 0. The van der Waals surface area contributed by atoms with Gasteiger partial charge in [-0.1, -0.05) is 41.5 Å². The van der Waals surface area contributed by atoms with Crippen LogP contribution in [-0.2, 0) is 19.3 Å². The third-order valence-corrected chi connectivity index (χ3v) is 6.48. The minimum atomic E-state index is -3.88. The fraction of sp³-hybridized carbons (Fsp3) is 0.591. The molecule has 0 bridgehead atoms. The van der Waals surface area contributed by atoms with Crippen molar-refractivity contribution in [3.8, 4) is 0 Å². The second kappa shape index (κ2) is 7.07. The number of nitrogens with zero attached hydrogens (tertiary/aromatic N) is 2. The average molecular weight is 374 g/mol. The molecule has 3 heterocycles. The lowest BCUT2D eigenvalue weighted by Gasteiger charge is -2.34. The van der Waals surface area contributed by atoms with Crippen molar-refractivity contribution in [1.29, 1.82) is 0 Å². The van der Waals surface area contributed by atoms with Crippen molar-refractivity contribution in [2.24, 2.45) is 0 Å². The molecule has 0 radical (unpaired) electrons. The molecule has 0 aromatic carbocycles. The van der Waals surface area contributed by atoms with Crippen molar-refractivity contribution in [3.05, 3.63) is 39.4 Å². The Morgan fingerprint density at radius 2 is 1.37 bits per heavy atom. The van der Waals surface area contributed by atoms with Crippen LogP contribution in [0.5, 0.6) is 0 Å². The number of hydrogen-bond acceptors (Lipinski definition) is 0. The first-order valence-electron chi connectivity index (χ1n) is 10.7. The Balaban J connectivity index is 2.51. The zero-order chi connectivity index (χ0) is 20.1. The summed E-state index contributed by atoms with van der Waals surface area (Å²) in [6.07, 6.45) is 4.49. The minimum absolute atomic E-state index is 0.639. The summed E-state index contributed by atoms with van der Waals surface area (Å²) >= 11 is 0. The molecule has 0 N–H and O–H groups in total. The van der Waals surface area contributed by atoms with Crippen molar-refractivity contribution in [2.75, 3.05) is 0 Å². The minimum Gasteiger partial charge on any atom is -0.393 e. The molecule has 0 saturated carbocycles. The Kier molecular flexibility index (Phi) is 5.26. The van der Waals surface area contributed by atoms with E-state index >= 15 is 8.63 Å². The maximum Gasteiger partial charge on any atom is 0.737 e. The maximum atomic E-state index is 16.2. The SMILES string of the molecule is CCC1=C(CC)C(CC)=[N+]2C1=C(C)c1c(CC)c(CC)c(CC)n1[B-]2(F)F. The van der Waals surface area contributed by atoms with Crippen LogP contribution in [0.2, 0.25) is 0 Å². The van der Waals surface area contributed by atoms with Gasteiger partial charge in [0.25, 0.3) is 0 Å². The summed E-state index contributed by atoms with van der Waals surface area (Å²) in [4.78, 5) is 0. The molecule has 148 valence electrons. The first-order chi connectivity index (χ1) is 12.8. The van der Waals surface area contributed by atoms with Crippen LogP contribution in [0.1, 0.15) is 90.2 Å². The van der Waals surface area contributed by atoms with Gasteiger partial charge in [-0.15, -0.1) is 0 Å². The van der Waals surface area contributed by atoms with Crippen LogP contribution in [0.25, 0.3) is 5.57 Å². The highest BCUT2D eigenvalue weighted by atomic mass is 19.2. The second-order valence-electron chi connectivity index (χ2n) is 7.58. The molecule has 0 atom stereocenters. The van der Waals surface area contributed by atoms with E-state index in [1.165, 1.54) is 8.96 Å². The molecule has 0 amide bonds. The predicted molar refractivity (Wildman–Crippen MR) is 112 cm³/mol. The van der Waals surface area contributed by atoms with Gasteiger partial charge >= 0.3 is 6.97 Å². The van der Waals surface area contributed by atoms with Crippen molar-refractivity contribution in [3.63, 3.8) is 0 Å². The van der Waals surface area contributed by atoms with Crippen LogP contribution in [0.3, 0.4) is 0 Å². The Morgan fingerprint density at radius 1 is 0.778 bits per heavy atom. The lowest BCUT2D eigenvalue weighted by atomic mass is 9.85.